The Hall–Kier alpha value is -1.33. The van der Waals surface area contributed by atoms with Crippen LogP contribution in [0.5, 0.6) is 0 Å². The fourth-order valence-corrected chi connectivity index (χ4v) is 1.32. The fourth-order valence-electron chi connectivity index (χ4n) is 1.32. The summed E-state index contributed by atoms with van der Waals surface area (Å²) in [5.74, 6) is 2.33. The molecule has 1 aromatic rings. The SMILES string of the molecule is C#CCCC(N)Cc1ccccc1F. The molecule has 1 unspecified atom stereocenters. The zero-order valence-electron chi connectivity index (χ0n) is 8.04. The van der Waals surface area contributed by atoms with Crippen LogP contribution >= 0.6 is 0 Å². The molecule has 0 aromatic heterocycles. The van der Waals surface area contributed by atoms with Gasteiger partial charge in [0, 0.05) is 12.5 Å². The van der Waals surface area contributed by atoms with Crippen LogP contribution in [0.4, 0.5) is 4.39 Å². The van der Waals surface area contributed by atoms with Crippen LogP contribution in [-0.4, -0.2) is 6.04 Å². The summed E-state index contributed by atoms with van der Waals surface area (Å²) in [6.07, 6.45) is 7.06. The molecule has 0 amide bonds. The number of rotatable bonds is 4. The van der Waals surface area contributed by atoms with E-state index < -0.39 is 0 Å². The van der Waals surface area contributed by atoms with Crippen LogP contribution in [-0.2, 0) is 6.42 Å². The van der Waals surface area contributed by atoms with E-state index in [4.69, 9.17) is 12.2 Å². The van der Waals surface area contributed by atoms with Crippen molar-refractivity contribution in [3.05, 3.63) is 35.6 Å². The van der Waals surface area contributed by atoms with Crippen molar-refractivity contribution in [1.82, 2.24) is 0 Å². The number of benzene rings is 1. The van der Waals surface area contributed by atoms with Gasteiger partial charge in [0.1, 0.15) is 5.82 Å². The molecule has 0 heterocycles. The first-order valence-electron chi connectivity index (χ1n) is 4.66. The summed E-state index contributed by atoms with van der Waals surface area (Å²) in [6, 6.07) is 6.63. The highest BCUT2D eigenvalue weighted by Crippen LogP contribution is 2.10. The van der Waals surface area contributed by atoms with Crippen LogP contribution in [0.3, 0.4) is 0 Å². The highest BCUT2D eigenvalue weighted by atomic mass is 19.1. The van der Waals surface area contributed by atoms with E-state index in [2.05, 4.69) is 5.92 Å². The van der Waals surface area contributed by atoms with Crippen LogP contribution in [0.15, 0.2) is 24.3 Å². The van der Waals surface area contributed by atoms with E-state index in [0.29, 0.717) is 18.4 Å². The van der Waals surface area contributed by atoms with E-state index >= 15 is 0 Å². The van der Waals surface area contributed by atoms with Gasteiger partial charge in [-0.3, -0.25) is 0 Å². The molecule has 0 spiro atoms. The van der Waals surface area contributed by atoms with Crippen LogP contribution < -0.4 is 5.73 Å². The minimum Gasteiger partial charge on any atom is -0.327 e. The van der Waals surface area contributed by atoms with Crippen LogP contribution in [0, 0.1) is 18.2 Å². The van der Waals surface area contributed by atoms with E-state index in [-0.39, 0.29) is 11.9 Å². The predicted molar refractivity (Wildman–Crippen MR) is 56.1 cm³/mol. The summed E-state index contributed by atoms with van der Waals surface area (Å²) in [4.78, 5) is 0. The number of hydrogen-bond acceptors (Lipinski definition) is 1. The van der Waals surface area contributed by atoms with Crippen LogP contribution in [0.1, 0.15) is 18.4 Å². The zero-order chi connectivity index (χ0) is 10.4. The van der Waals surface area contributed by atoms with Crippen molar-refractivity contribution in [2.45, 2.75) is 25.3 Å². The van der Waals surface area contributed by atoms with Gasteiger partial charge in [0.05, 0.1) is 0 Å². The smallest absolute Gasteiger partial charge is 0.126 e. The summed E-state index contributed by atoms with van der Waals surface area (Å²) in [7, 11) is 0. The average Bonchev–Trinajstić information content (AvgIpc) is 2.18. The van der Waals surface area contributed by atoms with Gasteiger partial charge < -0.3 is 5.73 Å². The molecule has 1 nitrogen and oxygen atoms in total. The third-order valence-electron chi connectivity index (χ3n) is 2.10. The first-order valence-corrected chi connectivity index (χ1v) is 4.66. The van der Waals surface area contributed by atoms with Crippen molar-refractivity contribution in [2.24, 2.45) is 5.73 Å². The highest BCUT2D eigenvalue weighted by Gasteiger charge is 2.06. The molecule has 0 fully saturated rings. The second kappa shape index (κ2) is 5.41. The Morgan fingerprint density at radius 2 is 2.14 bits per heavy atom. The molecule has 2 N–H and O–H groups in total. The average molecular weight is 191 g/mol. The molecule has 0 aliphatic heterocycles. The van der Waals surface area contributed by atoms with E-state index in [0.717, 1.165) is 6.42 Å². The summed E-state index contributed by atoms with van der Waals surface area (Å²) in [5, 5.41) is 0. The van der Waals surface area contributed by atoms with Crippen molar-refractivity contribution in [3.8, 4) is 12.3 Å². The third-order valence-corrected chi connectivity index (χ3v) is 2.10. The molecular formula is C12H14FN. The molecule has 0 saturated carbocycles. The molecule has 2 heteroatoms. The summed E-state index contributed by atoms with van der Waals surface area (Å²) < 4.78 is 13.2. The van der Waals surface area contributed by atoms with Gasteiger partial charge in [0.2, 0.25) is 0 Å². The number of terminal acetylenes is 1. The van der Waals surface area contributed by atoms with E-state index in [1.807, 2.05) is 6.07 Å². The topological polar surface area (TPSA) is 26.0 Å². The van der Waals surface area contributed by atoms with Crippen LogP contribution in [0.2, 0.25) is 0 Å². The van der Waals surface area contributed by atoms with E-state index in [1.54, 1.807) is 12.1 Å². The summed E-state index contributed by atoms with van der Waals surface area (Å²) >= 11 is 0. The highest BCUT2D eigenvalue weighted by molar-refractivity contribution is 5.18. The standard InChI is InChI=1S/C12H14FN/c1-2-3-7-11(14)9-10-6-4-5-8-12(10)13/h1,4-6,8,11H,3,7,9,14H2. The van der Waals surface area contributed by atoms with Crippen molar-refractivity contribution in [3.63, 3.8) is 0 Å². The maximum absolute atomic E-state index is 13.2. The van der Waals surface area contributed by atoms with Gasteiger partial charge in [-0.15, -0.1) is 12.3 Å². The third kappa shape index (κ3) is 3.20. The lowest BCUT2D eigenvalue weighted by molar-refractivity contribution is 0.571. The fraction of sp³-hybridized carbons (Fsp3) is 0.333. The van der Waals surface area contributed by atoms with Crippen molar-refractivity contribution < 1.29 is 4.39 Å². The van der Waals surface area contributed by atoms with Crippen molar-refractivity contribution in [2.75, 3.05) is 0 Å². The molecule has 1 aromatic carbocycles. The summed E-state index contributed by atoms with van der Waals surface area (Å²) in [5.41, 5.74) is 6.46. The van der Waals surface area contributed by atoms with E-state index in [9.17, 15) is 4.39 Å². The van der Waals surface area contributed by atoms with Gasteiger partial charge >= 0.3 is 0 Å². The molecule has 0 aliphatic carbocycles. The molecule has 0 saturated heterocycles. The van der Waals surface area contributed by atoms with Crippen molar-refractivity contribution in [1.29, 1.82) is 0 Å². The Balaban J connectivity index is 2.52. The second-order valence-electron chi connectivity index (χ2n) is 3.30. The van der Waals surface area contributed by atoms with Gasteiger partial charge in [-0.25, -0.2) is 4.39 Å². The molecule has 74 valence electrons. The normalized spacial score (nSPS) is 12.1. The Bertz CT molecular complexity index is 327. The number of hydrogen-bond donors (Lipinski definition) is 1. The van der Waals surface area contributed by atoms with E-state index in [1.165, 1.54) is 6.07 Å². The monoisotopic (exact) mass is 191 g/mol. The van der Waals surface area contributed by atoms with Gasteiger partial charge in [-0.2, -0.15) is 0 Å². The molecule has 0 aliphatic rings. The quantitative estimate of drug-likeness (QED) is 0.725. The number of nitrogens with two attached hydrogens (primary N) is 1. The predicted octanol–water partition coefficient (Wildman–Crippen LogP) is 2.11. The summed E-state index contributed by atoms with van der Waals surface area (Å²) in [6.45, 7) is 0. The lowest BCUT2D eigenvalue weighted by atomic mass is 10.0. The lowest BCUT2D eigenvalue weighted by Crippen LogP contribution is -2.22. The molecular weight excluding hydrogens is 177 g/mol. The first kappa shape index (κ1) is 10.7. The molecule has 1 rings (SSSR count). The lowest BCUT2D eigenvalue weighted by Gasteiger charge is -2.10. The molecule has 0 radical (unpaired) electrons. The minimum atomic E-state index is -0.191. The molecule has 0 bridgehead atoms. The number of halogens is 1. The minimum absolute atomic E-state index is 0.0528. The van der Waals surface area contributed by atoms with Gasteiger partial charge in [0.15, 0.2) is 0 Å². The first-order chi connectivity index (χ1) is 6.74. The Kier molecular flexibility index (Phi) is 4.15. The van der Waals surface area contributed by atoms with Gasteiger partial charge in [0.25, 0.3) is 0 Å². The Labute approximate surface area is 84.1 Å². The molecule has 1 atom stereocenters. The maximum atomic E-state index is 13.2. The maximum Gasteiger partial charge on any atom is 0.126 e. The van der Waals surface area contributed by atoms with Crippen molar-refractivity contribution >= 4 is 0 Å². The Morgan fingerprint density at radius 1 is 1.43 bits per heavy atom. The van der Waals surface area contributed by atoms with Gasteiger partial charge in [-0.1, -0.05) is 18.2 Å². The molecule has 14 heavy (non-hydrogen) atoms. The Morgan fingerprint density at radius 3 is 2.79 bits per heavy atom. The largest absolute Gasteiger partial charge is 0.327 e. The van der Waals surface area contributed by atoms with Gasteiger partial charge in [-0.05, 0) is 24.5 Å². The second-order valence-corrected chi connectivity index (χ2v) is 3.30. The van der Waals surface area contributed by atoms with Crippen LogP contribution in [0.25, 0.3) is 0 Å². The zero-order valence-corrected chi connectivity index (χ0v) is 8.04.